The highest BCUT2D eigenvalue weighted by Gasteiger charge is 2.32. The van der Waals surface area contributed by atoms with Gasteiger partial charge in [0.2, 0.25) is 0 Å². The minimum atomic E-state index is -0.607. The summed E-state index contributed by atoms with van der Waals surface area (Å²) in [6.45, 7) is -0.00972. The second-order valence-electron chi connectivity index (χ2n) is 9.51. The summed E-state index contributed by atoms with van der Waals surface area (Å²) in [5.41, 5.74) is 4.94. The number of anilines is 1. The highest BCUT2D eigenvalue weighted by molar-refractivity contribution is 7.99. The summed E-state index contributed by atoms with van der Waals surface area (Å²) in [5, 5.41) is 13.0. The molecule has 2 N–H and O–H groups in total. The van der Waals surface area contributed by atoms with Crippen LogP contribution in [0, 0.1) is 0 Å². The summed E-state index contributed by atoms with van der Waals surface area (Å²) in [7, 11) is 0. The van der Waals surface area contributed by atoms with Gasteiger partial charge in [-0.2, -0.15) is 0 Å². The summed E-state index contributed by atoms with van der Waals surface area (Å²) in [4.78, 5) is 30.2. The lowest BCUT2D eigenvalue weighted by Crippen LogP contribution is -2.31. The lowest BCUT2D eigenvalue weighted by Gasteiger charge is -2.36. The van der Waals surface area contributed by atoms with Gasteiger partial charge in [-0.3, -0.25) is 9.78 Å². The van der Waals surface area contributed by atoms with E-state index in [0.717, 1.165) is 22.2 Å². The van der Waals surface area contributed by atoms with Crippen LogP contribution in [0.3, 0.4) is 0 Å². The van der Waals surface area contributed by atoms with Crippen molar-refractivity contribution in [3.63, 3.8) is 0 Å². The number of nitrogens with zero attached hydrogens (tertiary/aromatic N) is 4. The third-order valence-corrected chi connectivity index (χ3v) is 7.68. The number of amides is 1. The van der Waals surface area contributed by atoms with E-state index in [1.165, 1.54) is 6.20 Å². The molecule has 0 radical (unpaired) electrons. The smallest absolute Gasteiger partial charge is 0.275 e. The second-order valence-corrected chi connectivity index (χ2v) is 10.5. The van der Waals surface area contributed by atoms with Crippen LogP contribution in [0.2, 0.25) is 0 Å². The highest BCUT2D eigenvalue weighted by Crippen LogP contribution is 2.39. The molecule has 1 saturated heterocycles. The standard InChI is InChI=1S/C31H27N5O4S/c37-18-20-6-8-21(9-7-20)28-16-24(19-41-31-32-14-3-15-33-31)39-30(40-28)22-10-12-23(13-11-22)35-29(38)27-17-34-25-4-1-2-5-26(25)36-27/h1-15,17,24,28,30,37H,16,18-19H2,(H,35,38). The van der Waals surface area contributed by atoms with Gasteiger partial charge in [-0.15, -0.1) is 0 Å². The fourth-order valence-electron chi connectivity index (χ4n) is 4.54. The Bertz CT molecular complexity index is 1620. The first kappa shape index (κ1) is 27.0. The Morgan fingerprint density at radius 2 is 1.61 bits per heavy atom. The topological polar surface area (TPSA) is 119 Å². The number of carbonyl (C=O) groups is 1. The van der Waals surface area contributed by atoms with Crippen molar-refractivity contribution < 1.29 is 19.4 Å². The van der Waals surface area contributed by atoms with Crippen LogP contribution in [0.5, 0.6) is 0 Å². The van der Waals surface area contributed by atoms with Crippen molar-refractivity contribution in [3.8, 4) is 0 Å². The molecule has 9 nitrogen and oxygen atoms in total. The molecule has 3 aromatic carbocycles. The Hall–Kier alpha value is -4.22. The third-order valence-electron chi connectivity index (χ3n) is 6.68. The fourth-order valence-corrected chi connectivity index (χ4v) is 5.36. The Morgan fingerprint density at radius 1 is 0.878 bits per heavy atom. The maximum absolute atomic E-state index is 12.8. The molecule has 5 aromatic rings. The van der Waals surface area contributed by atoms with E-state index in [-0.39, 0.29) is 30.4 Å². The summed E-state index contributed by atoms with van der Waals surface area (Å²) in [6.07, 6.45) is 4.66. The van der Waals surface area contributed by atoms with Crippen LogP contribution in [-0.4, -0.2) is 42.8 Å². The molecule has 1 aliphatic heterocycles. The van der Waals surface area contributed by atoms with Gasteiger partial charge in [0.15, 0.2) is 11.4 Å². The molecule has 1 fully saturated rings. The number of benzene rings is 3. The lowest BCUT2D eigenvalue weighted by molar-refractivity contribution is -0.245. The maximum atomic E-state index is 12.8. The first-order chi connectivity index (χ1) is 20.1. The van der Waals surface area contributed by atoms with Gasteiger partial charge < -0.3 is 19.9 Å². The number of ether oxygens (including phenoxy) is 2. The van der Waals surface area contributed by atoms with E-state index < -0.39 is 6.29 Å². The van der Waals surface area contributed by atoms with Crippen molar-refractivity contribution in [1.29, 1.82) is 0 Å². The van der Waals surface area contributed by atoms with E-state index in [2.05, 4.69) is 25.3 Å². The zero-order valence-electron chi connectivity index (χ0n) is 22.0. The molecule has 3 unspecified atom stereocenters. The molecular weight excluding hydrogens is 538 g/mol. The molecule has 0 saturated carbocycles. The van der Waals surface area contributed by atoms with Crippen LogP contribution in [0.1, 0.15) is 46.0 Å². The number of hydrogen-bond donors (Lipinski definition) is 2. The Balaban J connectivity index is 1.17. The fraction of sp³-hybridized carbons (Fsp3) is 0.194. The molecule has 0 spiro atoms. The van der Waals surface area contributed by atoms with Crippen LogP contribution >= 0.6 is 11.8 Å². The number of carbonyl (C=O) groups excluding carboxylic acids is 1. The first-order valence-corrected chi connectivity index (χ1v) is 14.2. The lowest BCUT2D eigenvalue weighted by atomic mass is 10.0. The molecule has 3 atom stereocenters. The minimum Gasteiger partial charge on any atom is -0.392 e. The Morgan fingerprint density at radius 3 is 2.37 bits per heavy atom. The molecule has 1 aliphatic rings. The second kappa shape index (κ2) is 12.5. The average Bonchev–Trinajstić information content (AvgIpc) is 3.04. The van der Waals surface area contributed by atoms with E-state index in [4.69, 9.17) is 9.47 Å². The van der Waals surface area contributed by atoms with Crippen molar-refractivity contribution in [2.45, 2.75) is 36.7 Å². The van der Waals surface area contributed by atoms with Gasteiger partial charge in [0.1, 0.15) is 5.69 Å². The van der Waals surface area contributed by atoms with E-state index in [1.54, 1.807) is 30.2 Å². The van der Waals surface area contributed by atoms with Gasteiger partial charge in [-0.05, 0) is 41.5 Å². The predicted octanol–water partition coefficient (Wildman–Crippen LogP) is 5.50. The average molecular weight is 566 g/mol. The van der Waals surface area contributed by atoms with E-state index in [1.807, 2.05) is 72.8 Å². The molecule has 206 valence electrons. The molecule has 0 bridgehead atoms. The molecule has 41 heavy (non-hydrogen) atoms. The Labute approximate surface area is 241 Å². The molecule has 1 amide bonds. The summed E-state index contributed by atoms with van der Waals surface area (Å²) >= 11 is 1.54. The van der Waals surface area contributed by atoms with Gasteiger partial charge in [0, 0.05) is 35.8 Å². The number of nitrogens with one attached hydrogen (secondary N) is 1. The van der Waals surface area contributed by atoms with Crippen LogP contribution in [0.25, 0.3) is 11.0 Å². The number of rotatable bonds is 8. The molecule has 0 aliphatic carbocycles. The predicted molar refractivity (Wildman–Crippen MR) is 155 cm³/mol. The normalized spacial score (nSPS) is 18.7. The number of para-hydroxylation sites is 2. The number of hydrogen-bond acceptors (Lipinski definition) is 9. The van der Waals surface area contributed by atoms with Crippen LogP contribution in [0.15, 0.2) is 103 Å². The minimum absolute atomic E-state index is 0.00972. The van der Waals surface area contributed by atoms with Crippen molar-refractivity contribution in [1.82, 2.24) is 19.9 Å². The van der Waals surface area contributed by atoms with Gasteiger partial charge in [0.25, 0.3) is 5.91 Å². The molecule has 10 heteroatoms. The molecular formula is C31H27N5O4S. The van der Waals surface area contributed by atoms with Crippen LogP contribution in [0.4, 0.5) is 5.69 Å². The van der Waals surface area contributed by atoms with Crippen molar-refractivity contribution >= 4 is 34.4 Å². The van der Waals surface area contributed by atoms with E-state index in [0.29, 0.717) is 28.5 Å². The van der Waals surface area contributed by atoms with Crippen molar-refractivity contribution in [3.05, 3.63) is 120 Å². The van der Waals surface area contributed by atoms with Gasteiger partial charge in [-0.25, -0.2) is 15.0 Å². The molecule has 6 rings (SSSR count). The van der Waals surface area contributed by atoms with Gasteiger partial charge in [0.05, 0.1) is 36.0 Å². The first-order valence-electron chi connectivity index (χ1n) is 13.2. The van der Waals surface area contributed by atoms with Gasteiger partial charge >= 0.3 is 0 Å². The number of aromatic nitrogens is 4. The number of fused-ring (bicyclic) bond motifs is 1. The quantitative estimate of drug-likeness (QED) is 0.186. The van der Waals surface area contributed by atoms with Crippen LogP contribution < -0.4 is 5.32 Å². The monoisotopic (exact) mass is 565 g/mol. The molecule has 3 heterocycles. The Kier molecular flexibility index (Phi) is 8.24. The van der Waals surface area contributed by atoms with E-state index in [9.17, 15) is 9.90 Å². The SMILES string of the molecule is O=C(Nc1ccc(C2OC(CSc3ncccn3)CC(c3ccc(CO)cc3)O2)cc1)c1cnc2ccccc2n1. The molecule has 2 aromatic heterocycles. The highest BCUT2D eigenvalue weighted by atomic mass is 32.2. The number of aliphatic hydroxyl groups is 1. The summed E-state index contributed by atoms with van der Waals surface area (Å²) in [6, 6.07) is 24.4. The number of aliphatic hydroxyl groups excluding tert-OH is 1. The van der Waals surface area contributed by atoms with Crippen LogP contribution in [-0.2, 0) is 16.1 Å². The summed E-state index contributed by atoms with van der Waals surface area (Å²) in [5.74, 6) is 0.323. The van der Waals surface area contributed by atoms with Crippen molar-refractivity contribution in [2.75, 3.05) is 11.1 Å². The largest absolute Gasteiger partial charge is 0.392 e. The zero-order valence-corrected chi connectivity index (χ0v) is 22.8. The van der Waals surface area contributed by atoms with Gasteiger partial charge in [-0.1, -0.05) is 60.3 Å². The van der Waals surface area contributed by atoms with Crippen molar-refractivity contribution in [2.24, 2.45) is 0 Å². The third kappa shape index (κ3) is 6.58. The zero-order chi connectivity index (χ0) is 28.0. The maximum Gasteiger partial charge on any atom is 0.275 e. The number of thioether (sulfide) groups is 1. The summed E-state index contributed by atoms with van der Waals surface area (Å²) < 4.78 is 12.8. The van der Waals surface area contributed by atoms with E-state index >= 15 is 0 Å².